The molecule has 0 heterocycles. The summed E-state index contributed by atoms with van der Waals surface area (Å²) in [5.41, 5.74) is 0. The summed E-state index contributed by atoms with van der Waals surface area (Å²) in [6.45, 7) is 3.08. The summed E-state index contributed by atoms with van der Waals surface area (Å²) in [6, 6.07) is 0. The molecule has 0 aromatic carbocycles. The number of amides is 1. The largest absolute Gasteiger partial charge is 0.449 e. The maximum atomic E-state index is 11.6. The number of carbonyl (C=O) groups is 1. The quantitative estimate of drug-likeness (QED) is 0.531. The molecule has 120 valence electrons. The van der Waals surface area contributed by atoms with Gasteiger partial charge in [0, 0.05) is 13.1 Å². The standard InChI is InChI=1S/C16H28N2O3/c1-17-8-10-20-11-9-18-16(19)21-12-15-13-6-4-2-3-5-7-14(13)15/h2-3,13-15,17H,4-12H2,1H3,(H,18,19)/b3-2-/t13-,14+,15-. The molecule has 1 amide bonds. The Morgan fingerprint density at radius 3 is 2.48 bits per heavy atom. The molecule has 2 aliphatic rings. The molecule has 0 aromatic rings. The van der Waals surface area contributed by atoms with Crippen LogP contribution in [0.1, 0.15) is 25.7 Å². The highest BCUT2D eigenvalue weighted by molar-refractivity contribution is 5.67. The number of ether oxygens (including phenoxy) is 2. The monoisotopic (exact) mass is 296 g/mol. The molecule has 1 saturated carbocycles. The van der Waals surface area contributed by atoms with Crippen molar-refractivity contribution >= 4 is 6.09 Å². The van der Waals surface area contributed by atoms with Crippen molar-refractivity contribution in [2.45, 2.75) is 25.7 Å². The first kappa shape index (κ1) is 16.3. The minimum Gasteiger partial charge on any atom is -0.449 e. The van der Waals surface area contributed by atoms with Gasteiger partial charge in [-0.05, 0) is 50.5 Å². The molecule has 2 aliphatic carbocycles. The molecule has 5 nitrogen and oxygen atoms in total. The number of likely N-dealkylation sites (N-methyl/N-ethyl adjacent to an activating group) is 1. The molecule has 1 fully saturated rings. The lowest BCUT2D eigenvalue weighted by atomic mass is 10.1. The van der Waals surface area contributed by atoms with E-state index in [0.717, 1.165) is 18.4 Å². The molecular weight excluding hydrogens is 268 g/mol. The Hall–Kier alpha value is -1.07. The smallest absolute Gasteiger partial charge is 0.407 e. The van der Waals surface area contributed by atoms with Gasteiger partial charge in [-0.15, -0.1) is 0 Å². The van der Waals surface area contributed by atoms with Crippen LogP contribution in [-0.2, 0) is 9.47 Å². The Balaban J connectivity index is 1.50. The van der Waals surface area contributed by atoms with Crippen LogP contribution in [0.3, 0.4) is 0 Å². The second-order valence-electron chi connectivity index (χ2n) is 5.86. The Kier molecular flexibility index (Phi) is 7.03. The Bertz CT molecular complexity index is 330. The minimum atomic E-state index is -0.315. The van der Waals surface area contributed by atoms with Crippen LogP contribution in [0.4, 0.5) is 4.79 Å². The fourth-order valence-electron chi connectivity index (χ4n) is 3.17. The maximum Gasteiger partial charge on any atom is 0.407 e. The average Bonchev–Trinajstić information content (AvgIpc) is 3.10. The summed E-state index contributed by atoms with van der Waals surface area (Å²) in [5, 5.41) is 5.73. The van der Waals surface area contributed by atoms with Crippen molar-refractivity contribution in [3.63, 3.8) is 0 Å². The molecular formula is C16H28N2O3. The van der Waals surface area contributed by atoms with E-state index in [1.807, 2.05) is 7.05 Å². The summed E-state index contributed by atoms with van der Waals surface area (Å²) in [5.74, 6) is 2.13. The van der Waals surface area contributed by atoms with Crippen LogP contribution in [0.25, 0.3) is 0 Å². The summed E-state index contributed by atoms with van der Waals surface area (Å²) >= 11 is 0. The zero-order valence-electron chi connectivity index (χ0n) is 13.0. The summed E-state index contributed by atoms with van der Waals surface area (Å²) < 4.78 is 10.7. The van der Waals surface area contributed by atoms with Crippen molar-refractivity contribution in [1.82, 2.24) is 10.6 Å². The van der Waals surface area contributed by atoms with Gasteiger partial charge in [-0.2, -0.15) is 0 Å². The van der Waals surface area contributed by atoms with Crippen molar-refractivity contribution in [2.75, 3.05) is 40.0 Å². The number of allylic oxidation sites excluding steroid dienone is 2. The van der Waals surface area contributed by atoms with E-state index in [0.29, 0.717) is 32.3 Å². The van der Waals surface area contributed by atoms with E-state index >= 15 is 0 Å². The van der Waals surface area contributed by atoms with Crippen molar-refractivity contribution < 1.29 is 14.3 Å². The van der Waals surface area contributed by atoms with E-state index in [9.17, 15) is 4.79 Å². The highest BCUT2D eigenvalue weighted by Crippen LogP contribution is 2.52. The Labute approximate surface area is 127 Å². The van der Waals surface area contributed by atoms with Crippen molar-refractivity contribution in [2.24, 2.45) is 17.8 Å². The van der Waals surface area contributed by atoms with Crippen LogP contribution in [0, 0.1) is 17.8 Å². The zero-order chi connectivity index (χ0) is 14.9. The highest BCUT2D eigenvalue weighted by atomic mass is 16.5. The third kappa shape index (κ3) is 5.67. The number of rotatable bonds is 8. The van der Waals surface area contributed by atoms with Crippen LogP contribution in [-0.4, -0.2) is 46.1 Å². The van der Waals surface area contributed by atoms with Gasteiger partial charge < -0.3 is 20.1 Å². The molecule has 2 rings (SSSR count). The van der Waals surface area contributed by atoms with Gasteiger partial charge in [-0.25, -0.2) is 4.79 Å². The molecule has 0 saturated heterocycles. The lowest BCUT2D eigenvalue weighted by Gasteiger charge is -2.07. The molecule has 5 heteroatoms. The van der Waals surface area contributed by atoms with Gasteiger partial charge in [0.15, 0.2) is 0 Å². The van der Waals surface area contributed by atoms with E-state index in [-0.39, 0.29) is 6.09 Å². The van der Waals surface area contributed by atoms with Crippen molar-refractivity contribution in [3.05, 3.63) is 12.2 Å². The van der Waals surface area contributed by atoms with Gasteiger partial charge in [-0.3, -0.25) is 0 Å². The molecule has 0 radical (unpaired) electrons. The highest BCUT2D eigenvalue weighted by Gasteiger charge is 2.49. The maximum absolute atomic E-state index is 11.6. The van der Waals surface area contributed by atoms with Gasteiger partial charge in [0.25, 0.3) is 0 Å². The molecule has 3 atom stereocenters. The SMILES string of the molecule is CNCCOCCNC(=O)OC[C@@H]1[C@@H]2CC/C=C\CC[C@@H]21. The molecule has 2 N–H and O–H groups in total. The van der Waals surface area contributed by atoms with Gasteiger partial charge in [0.1, 0.15) is 0 Å². The van der Waals surface area contributed by atoms with Crippen LogP contribution < -0.4 is 10.6 Å². The van der Waals surface area contributed by atoms with Crippen LogP contribution >= 0.6 is 0 Å². The van der Waals surface area contributed by atoms with Gasteiger partial charge >= 0.3 is 6.09 Å². The average molecular weight is 296 g/mol. The molecule has 0 aliphatic heterocycles. The summed E-state index contributed by atoms with van der Waals surface area (Å²) in [6.07, 6.45) is 9.10. The van der Waals surface area contributed by atoms with Crippen molar-refractivity contribution in [3.8, 4) is 0 Å². The number of fused-ring (bicyclic) bond motifs is 1. The van der Waals surface area contributed by atoms with E-state index in [2.05, 4.69) is 22.8 Å². The second-order valence-corrected chi connectivity index (χ2v) is 5.86. The molecule has 0 unspecified atom stereocenters. The number of hydrogen-bond donors (Lipinski definition) is 2. The number of carbonyl (C=O) groups excluding carboxylic acids is 1. The number of hydrogen-bond acceptors (Lipinski definition) is 4. The third-order valence-corrected chi connectivity index (χ3v) is 4.43. The topological polar surface area (TPSA) is 59.6 Å². The first-order valence-electron chi connectivity index (χ1n) is 8.11. The molecule has 0 bridgehead atoms. The molecule has 0 aromatic heterocycles. The fourth-order valence-corrected chi connectivity index (χ4v) is 3.17. The number of alkyl carbamates (subject to hydrolysis) is 1. The lowest BCUT2D eigenvalue weighted by molar-refractivity contribution is 0.119. The third-order valence-electron chi connectivity index (χ3n) is 4.43. The predicted octanol–water partition coefficient (Wildman–Crippen LogP) is 1.94. The first-order valence-corrected chi connectivity index (χ1v) is 8.11. The summed E-state index contributed by atoms with van der Waals surface area (Å²) in [7, 11) is 1.88. The van der Waals surface area contributed by atoms with E-state index < -0.39 is 0 Å². The van der Waals surface area contributed by atoms with Crippen LogP contribution in [0.15, 0.2) is 12.2 Å². The minimum absolute atomic E-state index is 0.315. The van der Waals surface area contributed by atoms with Crippen LogP contribution in [0.5, 0.6) is 0 Å². The Morgan fingerprint density at radius 1 is 1.14 bits per heavy atom. The van der Waals surface area contributed by atoms with E-state index in [4.69, 9.17) is 9.47 Å². The Morgan fingerprint density at radius 2 is 1.81 bits per heavy atom. The second kappa shape index (κ2) is 9.05. The van der Waals surface area contributed by atoms with Crippen LogP contribution in [0.2, 0.25) is 0 Å². The zero-order valence-corrected chi connectivity index (χ0v) is 13.0. The number of nitrogens with one attached hydrogen (secondary N) is 2. The summed E-state index contributed by atoms with van der Waals surface area (Å²) in [4.78, 5) is 11.6. The molecule has 21 heavy (non-hydrogen) atoms. The lowest BCUT2D eigenvalue weighted by Crippen LogP contribution is -2.29. The van der Waals surface area contributed by atoms with Gasteiger partial charge in [0.05, 0.1) is 19.8 Å². The predicted molar refractivity (Wildman–Crippen MR) is 82.2 cm³/mol. The first-order chi connectivity index (χ1) is 10.3. The van der Waals surface area contributed by atoms with Crippen molar-refractivity contribution in [1.29, 1.82) is 0 Å². The van der Waals surface area contributed by atoms with Gasteiger partial charge in [0.2, 0.25) is 0 Å². The van der Waals surface area contributed by atoms with E-state index in [1.54, 1.807) is 0 Å². The van der Waals surface area contributed by atoms with E-state index in [1.165, 1.54) is 25.7 Å². The normalized spacial score (nSPS) is 28.9. The van der Waals surface area contributed by atoms with Gasteiger partial charge in [-0.1, -0.05) is 12.2 Å². The fraction of sp³-hybridized carbons (Fsp3) is 0.812. The molecule has 0 spiro atoms.